The second-order valence-electron chi connectivity index (χ2n) is 7.05. The summed E-state index contributed by atoms with van der Waals surface area (Å²) >= 11 is 0. The monoisotopic (exact) mass is 489 g/mol. The summed E-state index contributed by atoms with van der Waals surface area (Å²) in [7, 11) is 3.22. The van der Waals surface area contributed by atoms with Crippen molar-refractivity contribution in [3.8, 4) is 0 Å². The summed E-state index contributed by atoms with van der Waals surface area (Å²) in [5.41, 5.74) is 1.18. The van der Waals surface area contributed by atoms with Crippen molar-refractivity contribution in [2.75, 3.05) is 40.4 Å². The Morgan fingerprint density at radius 2 is 2.04 bits per heavy atom. The summed E-state index contributed by atoms with van der Waals surface area (Å²) in [4.78, 5) is 18.3. The van der Waals surface area contributed by atoms with Crippen LogP contribution in [0.3, 0.4) is 0 Å². The molecule has 3 unspecified atom stereocenters. The third-order valence-electron chi connectivity index (χ3n) is 4.75. The maximum Gasteiger partial charge on any atom is 0.310 e. The van der Waals surface area contributed by atoms with Gasteiger partial charge < -0.3 is 19.7 Å². The summed E-state index contributed by atoms with van der Waals surface area (Å²) in [6.45, 7) is 7.76. The number of ether oxygens (including phenoxy) is 2. The number of likely N-dealkylation sites (tertiary alicyclic amines) is 1. The van der Waals surface area contributed by atoms with E-state index in [1.54, 1.807) is 7.05 Å². The van der Waals surface area contributed by atoms with Crippen LogP contribution in [0.1, 0.15) is 19.4 Å². The zero-order valence-corrected chi connectivity index (χ0v) is 19.0. The smallest absolute Gasteiger partial charge is 0.310 e. The number of guanidine groups is 1. The third-order valence-corrected chi connectivity index (χ3v) is 4.75. The minimum Gasteiger partial charge on any atom is -0.469 e. The van der Waals surface area contributed by atoms with Gasteiger partial charge in [-0.05, 0) is 17.4 Å². The molecule has 0 amide bonds. The fraction of sp³-hybridized carbons (Fsp3) is 0.600. The molecule has 1 N–H and O–H groups in total. The zero-order chi connectivity index (χ0) is 18.9. The van der Waals surface area contributed by atoms with Crippen molar-refractivity contribution in [1.82, 2.24) is 10.2 Å². The predicted molar refractivity (Wildman–Crippen MR) is 118 cm³/mol. The van der Waals surface area contributed by atoms with Gasteiger partial charge in [0, 0.05) is 26.7 Å². The minimum absolute atomic E-state index is 0. The lowest BCUT2D eigenvalue weighted by Gasteiger charge is -2.23. The predicted octanol–water partition coefficient (Wildman–Crippen LogP) is 2.77. The van der Waals surface area contributed by atoms with Crippen LogP contribution in [-0.2, 0) is 20.9 Å². The lowest BCUT2D eigenvalue weighted by molar-refractivity contribution is -0.145. The lowest BCUT2D eigenvalue weighted by atomic mass is 9.99. The summed E-state index contributed by atoms with van der Waals surface area (Å²) in [6.07, 6.45) is 0. The standard InChI is InChI=1S/C20H31N3O3.HI/c1-15(13-26-14-17-8-6-5-7-9-17)10-22-20(21-3)23-11-16(2)18(12-23)19(24)25-4;/h5-9,15-16,18H,10-14H2,1-4H3,(H,21,22);1H. The number of nitrogens with one attached hydrogen (secondary N) is 1. The number of benzene rings is 1. The Morgan fingerprint density at radius 3 is 2.67 bits per heavy atom. The number of hydrogen-bond donors (Lipinski definition) is 1. The van der Waals surface area contributed by atoms with E-state index in [1.165, 1.54) is 12.7 Å². The molecule has 0 bridgehead atoms. The number of halogens is 1. The van der Waals surface area contributed by atoms with Gasteiger partial charge in [-0.3, -0.25) is 9.79 Å². The molecule has 0 saturated carbocycles. The van der Waals surface area contributed by atoms with Crippen molar-refractivity contribution in [2.45, 2.75) is 20.5 Å². The number of carbonyl (C=O) groups excluding carboxylic acids is 1. The van der Waals surface area contributed by atoms with Gasteiger partial charge in [0.2, 0.25) is 0 Å². The molecule has 1 aliphatic heterocycles. The van der Waals surface area contributed by atoms with Crippen LogP contribution >= 0.6 is 24.0 Å². The first-order valence-corrected chi connectivity index (χ1v) is 9.20. The topological polar surface area (TPSA) is 63.2 Å². The molecule has 27 heavy (non-hydrogen) atoms. The van der Waals surface area contributed by atoms with E-state index in [0.717, 1.165) is 19.0 Å². The summed E-state index contributed by atoms with van der Waals surface area (Å²) in [6, 6.07) is 10.2. The first kappa shape index (κ1) is 23.7. The molecule has 1 aromatic rings. The van der Waals surface area contributed by atoms with E-state index < -0.39 is 0 Å². The molecular formula is C20H32IN3O3. The zero-order valence-electron chi connectivity index (χ0n) is 16.7. The molecule has 1 fully saturated rings. The molecule has 1 saturated heterocycles. The van der Waals surface area contributed by atoms with Crippen LogP contribution in [0.25, 0.3) is 0 Å². The molecule has 0 aromatic heterocycles. The third kappa shape index (κ3) is 7.29. The number of carbonyl (C=O) groups is 1. The second-order valence-corrected chi connectivity index (χ2v) is 7.05. The van der Waals surface area contributed by atoms with Crippen molar-refractivity contribution in [3.05, 3.63) is 35.9 Å². The maximum atomic E-state index is 11.9. The average Bonchev–Trinajstić information content (AvgIpc) is 3.04. The van der Waals surface area contributed by atoms with Crippen molar-refractivity contribution in [3.63, 3.8) is 0 Å². The number of nitrogens with zero attached hydrogens (tertiary/aromatic N) is 2. The summed E-state index contributed by atoms with van der Waals surface area (Å²) in [5, 5.41) is 3.40. The van der Waals surface area contributed by atoms with Crippen molar-refractivity contribution < 1.29 is 14.3 Å². The van der Waals surface area contributed by atoms with Crippen molar-refractivity contribution in [1.29, 1.82) is 0 Å². The van der Waals surface area contributed by atoms with Gasteiger partial charge in [0.25, 0.3) is 0 Å². The Kier molecular flexibility index (Phi) is 10.7. The highest BCUT2D eigenvalue weighted by Crippen LogP contribution is 2.24. The summed E-state index contributed by atoms with van der Waals surface area (Å²) in [5.74, 6) is 1.21. The number of aliphatic imine (C=N–C) groups is 1. The Bertz CT molecular complexity index is 597. The van der Waals surface area contributed by atoms with Gasteiger partial charge in [0.1, 0.15) is 0 Å². The summed E-state index contributed by atoms with van der Waals surface area (Å²) < 4.78 is 10.7. The number of methoxy groups -OCH3 is 1. The van der Waals surface area contributed by atoms with Crippen LogP contribution < -0.4 is 5.32 Å². The average molecular weight is 489 g/mol. The van der Waals surface area contributed by atoms with E-state index in [4.69, 9.17) is 9.47 Å². The first-order valence-electron chi connectivity index (χ1n) is 9.20. The minimum atomic E-state index is -0.141. The molecule has 1 aliphatic rings. The van der Waals surface area contributed by atoms with E-state index in [9.17, 15) is 4.79 Å². The van der Waals surface area contributed by atoms with Gasteiger partial charge in [0.15, 0.2) is 5.96 Å². The van der Waals surface area contributed by atoms with E-state index in [-0.39, 0.29) is 41.8 Å². The molecular weight excluding hydrogens is 457 g/mol. The molecule has 0 aliphatic carbocycles. The van der Waals surface area contributed by atoms with Crippen LogP contribution in [0.15, 0.2) is 35.3 Å². The molecule has 0 radical (unpaired) electrons. The van der Waals surface area contributed by atoms with Crippen LogP contribution in [-0.4, -0.2) is 57.2 Å². The molecule has 1 aromatic carbocycles. The van der Waals surface area contributed by atoms with E-state index in [1.807, 2.05) is 18.2 Å². The molecule has 1 heterocycles. The Hall–Kier alpha value is -1.35. The Morgan fingerprint density at radius 1 is 1.33 bits per heavy atom. The molecule has 2 rings (SSSR count). The van der Waals surface area contributed by atoms with Crippen LogP contribution in [0.2, 0.25) is 0 Å². The Labute approximate surface area is 179 Å². The van der Waals surface area contributed by atoms with Crippen LogP contribution in [0.4, 0.5) is 0 Å². The highest BCUT2D eigenvalue weighted by atomic mass is 127. The van der Waals surface area contributed by atoms with Gasteiger partial charge in [-0.25, -0.2) is 0 Å². The molecule has 3 atom stereocenters. The van der Waals surface area contributed by atoms with Gasteiger partial charge in [-0.15, -0.1) is 24.0 Å². The molecule has 152 valence electrons. The number of rotatable bonds is 7. The van der Waals surface area contributed by atoms with Crippen molar-refractivity contribution >= 4 is 35.9 Å². The number of esters is 1. The van der Waals surface area contributed by atoms with E-state index in [2.05, 4.69) is 41.2 Å². The van der Waals surface area contributed by atoms with E-state index >= 15 is 0 Å². The van der Waals surface area contributed by atoms with Gasteiger partial charge >= 0.3 is 5.97 Å². The van der Waals surface area contributed by atoms with Gasteiger partial charge in [-0.2, -0.15) is 0 Å². The molecule has 0 spiro atoms. The SMILES string of the molecule is CN=C(NCC(C)COCc1ccccc1)N1CC(C)C(C(=O)OC)C1.I. The van der Waals surface area contributed by atoms with Gasteiger partial charge in [-0.1, -0.05) is 44.2 Å². The van der Waals surface area contributed by atoms with Gasteiger partial charge in [0.05, 0.1) is 26.2 Å². The maximum absolute atomic E-state index is 11.9. The van der Waals surface area contributed by atoms with Crippen molar-refractivity contribution in [2.24, 2.45) is 22.7 Å². The second kappa shape index (κ2) is 12.2. The highest BCUT2D eigenvalue weighted by molar-refractivity contribution is 14.0. The Balaban J connectivity index is 0.00000364. The van der Waals surface area contributed by atoms with Crippen LogP contribution in [0.5, 0.6) is 0 Å². The fourth-order valence-electron chi connectivity index (χ4n) is 3.21. The highest BCUT2D eigenvalue weighted by Gasteiger charge is 2.36. The lowest BCUT2D eigenvalue weighted by Crippen LogP contribution is -2.42. The quantitative estimate of drug-likeness (QED) is 0.276. The molecule has 7 heteroatoms. The first-order chi connectivity index (χ1) is 12.5. The normalized spacial score (nSPS) is 20.7. The number of hydrogen-bond acceptors (Lipinski definition) is 4. The van der Waals surface area contributed by atoms with Crippen LogP contribution in [0, 0.1) is 17.8 Å². The largest absolute Gasteiger partial charge is 0.469 e. The van der Waals surface area contributed by atoms with E-state index in [0.29, 0.717) is 25.7 Å². The fourth-order valence-corrected chi connectivity index (χ4v) is 3.21. The molecule has 6 nitrogen and oxygen atoms in total.